The van der Waals surface area contributed by atoms with Crippen molar-refractivity contribution >= 4 is 23.2 Å². The molecule has 6 nitrogen and oxygen atoms in total. The highest BCUT2D eigenvalue weighted by Gasteiger charge is 2.34. The Kier molecular flexibility index (Phi) is 5.41. The maximum absolute atomic E-state index is 13.9. The van der Waals surface area contributed by atoms with Crippen LogP contribution >= 0.6 is 23.2 Å². The van der Waals surface area contributed by atoms with Gasteiger partial charge < -0.3 is 24.7 Å². The van der Waals surface area contributed by atoms with E-state index in [4.69, 9.17) is 47.9 Å². The second-order valence-electron chi connectivity index (χ2n) is 7.36. The molecular weight excluding hydrogens is 470 g/mol. The Balaban J connectivity index is 1.54. The van der Waals surface area contributed by atoms with Crippen LogP contribution in [0.5, 0.6) is 23.0 Å². The van der Waals surface area contributed by atoms with Crippen molar-refractivity contribution in [3.05, 3.63) is 92.5 Å². The first-order valence-electron chi connectivity index (χ1n) is 9.82. The number of allylic oxidation sites excluding steroid dienone is 1. The largest absolute Gasteiger partial charge is 0.486 e. The summed E-state index contributed by atoms with van der Waals surface area (Å²) in [5.41, 5.74) is 7.87. The van der Waals surface area contributed by atoms with Crippen molar-refractivity contribution in [1.29, 1.82) is 5.26 Å². The van der Waals surface area contributed by atoms with E-state index >= 15 is 0 Å². The van der Waals surface area contributed by atoms with E-state index in [-0.39, 0.29) is 40.7 Å². The van der Waals surface area contributed by atoms with Crippen molar-refractivity contribution in [3.8, 4) is 29.1 Å². The van der Waals surface area contributed by atoms with Crippen molar-refractivity contribution in [3.63, 3.8) is 0 Å². The highest BCUT2D eigenvalue weighted by Crippen LogP contribution is 2.49. The number of nitrogens with zero attached hydrogens (tertiary/aromatic N) is 1. The number of hydrogen-bond donors (Lipinski definition) is 1. The number of benzene rings is 3. The van der Waals surface area contributed by atoms with Crippen LogP contribution in [0.1, 0.15) is 22.6 Å². The Hall–Kier alpha value is -3.60. The Morgan fingerprint density at radius 1 is 1.06 bits per heavy atom. The van der Waals surface area contributed by atoms with Gasteiger partial charge in [0.15, 0.2) is 17.2 Å². The highest BCUT2D eigenvalue weighted by molar-refractivity contribution is 6.37. The number of rotatable bonds is 4. The van der Waals surface area contributed by atoms with Crippen LogP contribution < -0.4 is 24.7 Å². The first-order valence-corrected chi connectivity index (χ1v) is 10.6. The summed E-state index contributed by atoms with van der Waals surface area (Å²) in [4.78, 5) is 0. The molecule has 0 saturated carbocycles. The van der Waals surface area contributed by atoms with Crippen LogP contribution in [0.4, 0.5) is 4.39 Å². The van der Waals surface area contributed by atoms with Crippen molar-refractivity contribution in [2.45, 2.75) is 12.5 Å². The van der Waals surface area contributed by atoms with Gasteiger partial charge in [0.1, 0.15) is 29.8 Å². The SMILES string of the molecule is N#CC1=C(N)Oc2cc3c(cc2[C@H]1c1cc(Cl)c(OCc2ccccc2F)c(Cl)c1)OCO3. The van der Waals surface area contributed by atoms with Crippen molar-refractivity contribution in [2.75, 3.05) is 6.79 Å². The molecule has 166 valence electrons. The van der Waals surface area contributed by atoms with Gasteiger partial charge >= 0.3 is 0 Å². The number of nitriles is 1. The van der Waals surface area contributed by atoms with Crippen LogP contribution in [-0.2, 0) is 6.61 Å². The molecule has 0 fully saturated rings. The quantitative estimate of drug-likeness (QED) is 0.514. The van der Waals surface area contributed by atoms with Crippen molar-refractivity contribution in [2.24, 2.45) is 5.73 Å². The second kappa shape index (κ2) is 8.39. The molecule has 0 bridgehead atoms. The molecule has 9 heteroatoms. The van der Waals surface area contributed by atoms with Crippen LogP contribution in [0.2, 0.25) is 10.0 Å². The van der Waals surface area contributed by atoms with Crippen LogP contribution in [-0.4, -0.2) is 6.79 Å². The Morgan fingerprint density at radius 2 is 1.76 bits per heavy atom. The summed E-state index contributed by atoms with van der Waals surface area (Å²) in [7, 11) is 0. The zero-order valence-corrected chi connectivity index (χ0v) is 18.4. The molecule has 0 amide bonds. The van der Waals surface area contributed by atoms with Crippen LogP contribution in [0, 0.1) is 17.1 Å². The maximum atomic E-state index is 13.9. The normalized spacial score (nSPS) is 16.1. The minimum absolute atomic E-state index is 0.0269. The Labute approximate surface area is 198 Å². The van der Waals surface area contributed by atoms with E-state index in [1.165, 1.54) is 6.07 Å². The number of ether oxygens (including phenoxy) is 4. The molecule has 0 saturated heterocycles. The molecule has 2 heterocycles. The molecule has 2 N–H and O–H groups in total. The molecule has 33 heavy (non-hydrogen) atoms. The standard InChI is InChI=1S/C24H15Cl2FN2O4/c25-16-5-13(6-17(26)23(16)30-10-12-3-1-2-4-18(12)27)22-14-7-20-21(32-11-31-20)8-19(14)33-24(29)15(22)9-28/h1-8,22H,10-11,29H2/t22-/m1/s1. The third kappa shape index (κ3) is 3.78. The van der Waals surface area contributed by atoms with Gasteiger partial charge in [0.25, 0.3) is 0 Å². The fourth-order valence-electron chi connectivity index (χ4n) is 3.84. The van der Waals surface area contributed by atoms with Gasteiger partial charge in [-0.05, 0) is 29.8 Å². The molecule has 0 aromatic heterocycles. The molecule has 3 aromatic rings. The van der Waals surface area contributed by atoms with Gasteiger partial charge in [-0.2, -0.15) is 5.26 Å². The summed E-state index contributed by atoms with van der Waals surface area (Å²) < 4.78 is 36.2. The molecular formula is C24H15Cl2FN2O4. The van der Waals surface area contributed by atoms with Gasteiger partial charge in [-0.25, -0.2) is 4.39 Å². The van der Waals surface area contributed by atoms with Gasteiger partial charge in [-0.15, -0.1) is 0 Å². The fraction of sp³-hybridized carbons (Fsp3) is 0.125. The molecule has 2 aliphatic heterocycles. The number of halogens is 3. The predicted molar refractivity (Wildman–Crippen MR) is 119 cm³/mol. The number of fused-ring (bicyclic) bond motifs is 2. The lowest BCUT2D eigenvalue weighted by molar-refractivity contribution is 0.174. The summed E-state index contributed by atoms with van der Waals surface area (Å²) >= 11 is 13.0. The lowest BCUT2D eigenvalue weighted by atomic mass is 9.83. The summed E-state index contributed by atoms with van der Waals surface area (Å²) in [5, 5.41) is 10.2. The molecule has 0 spiro atoms. The molecule has 0 unspecified atom stereocenters. The first kappa shape index (κ1) is 21.3. The van der Waals surface area contributed by atoms with Crippen LogP contribution in [0.3, 0.4) is 0 Å². The van der Waals surface area contributed by atoms with E-state index in [0.717, 1.165) is 0 Å². The van der Waals surface area contributed by atoms with Crippen molar-refractivity contribution in [1.82, 2.24) is 0 Å². The molecule has 0 aliphatic carbocycles. The minimum atomic E-state index is -0.608. The third-order valence-electron chi connectivity index (χ3n) is 5.39. The Morgan fingerprint density at radius 3 is 2.45 bits per heavy atom. The molecule has 5 rings (SSSR count). The van der Waals surface area contributed by atoms with Crippen LogP contribution in [0.25, 0.3) is 0 Å². The molecule has 1 atom stereocenters. The van der Waals surface area contributed by atoms with Gasteiger partial charge in [0.05, 0.1) is 16.0 Å². The van der Waals surface area contributed by atoms with Gasteiger partial charge in [0, 0.05) is 17.2 Å². The average molecular weight is 485 g/mol. The minimum Gasteiger partial charge on any atom is -0.486 e. The summed E-state index contributed by atoms with van der Waals surface area (Å²) in [5.74, 6) is 0.672. The van der Waals surface area contributed by atoms with Gasteiger partial charge in [0.2, 0.25) is 12.7 Å². The number of hydrogen-bond acceptors (Lipinski definition) is 6. The van der Waals surface area contributed by atoms with Crippen LogP contribution in [0.15, 0.2) is 60.0 Å². The molecule has 0 radical (unpaired) electrons. The average Bonchev–Trinajstić information content (AvgIpc) is 3.24. The zero-order valence-electron chi connectivity index (χ0n) is 16.9. The Bertz CT molecular complexity index is 1330. The van der Waals surface area contributed by atoms with E-state index < -0.39 is 11.7 Å². The molecule has 3 aromatic carbocycles. The van der Waals surface area contributed by atoms with E-state index in [0.29, 0.717) is 33.9 Å². The fourth-order valence-corrected chi connectivity index (χ4v) is 4.45. The smallest absolute Gasteiger partial charge is 0.231 e. The van der Waals surface area contributed by atoms with E-state index in [2.05, 4.69) is 6.07 Å². The number of nitrogens with two attached hydrogens (primary N) is 1. The molecule has 2 aliphatic rings. The van der Waals surface area contributed by atoms with E-state index in [1.807, 2.05) is 0 Å². The first-order chi connectivity index (χ1) is 16.0. The summed E-state index contributed by atoms with van der Waals surface area (Å²) in [6.45, 7) is 0.0357. The second-order valence-corrected chi connectivity index (χ2v) is 8.18. The topological polar surface area (TPSA) is 86.7 Å². The monoisotopic (exact) mass is 484 g/mol. The predicted octanol–water partition coefficient (Wildman–Crippen LogP) is 5.66. The van der Waals surface area contributed by atoms with E-state index in [1.54, 1.807) is 42.5 Å². The van der Waals surface area contributed by atoms with Crippen molar-refractivity contribution < 1.29 is 23.3 Å². The lowest BCUT2D eigenvalue weighted by Crippen LogP contribution is -2.21. The summed E-state index contributed by atoms with van der Waals surface area (Å²) in [6.07, 6.45) is 0. The third-order valence-corrected chi connectivity index (χ3v) is 5.96. The van der Waals surface area contributed by atoms with Gasteiger partial charge in [-0.3, -0.25) is 0 Å². The lowest BCUT2D eigenvalue weighted by Gasteiger charge is -2.27. The van der Waals surface area contributed by atoms with Gasteiger partial charge in [-0.1, -0.05) is 41.4 Å². The summed E-state index contributed by atoms with van der Waals surface area (Å²) in [6, 6.07) is 15.1. The van der Waals surface area contributed by atoms with E-state index in [9.17, 15) is 9.65 Å². The highest BCUT2D eigenvalue weighted by atomic mass is 35.5. The maximum Gasteiger partial charge on any atom is 0.231 e. The zero-order chi connectivity index (χ0) is 23.1.